The number of piperazine rings is 1. The fraction of sp³-hybridized carbons (Fsp3) is 0.429. The molecule has 150 valence electrons. The van der Waals surface area contributed by atoms with E-state index in [9.17, 15) is 9.59 Å². The maximum Gasteiger partial charge on any atom is 0.257 e. The Morgan fingerprint density at radius 1 is 1.14 bits per heavy atom. The van der Waals surface area contributed by atoms with Crippen LogP contribution < -0.4 is 10.1 Å². The van der Waals surface area contributed by atoms with Crippen LogP contribution in [0.5, 0.6) is 5.75 Å². The Morgan fingerprint density at radius 2 is 1.89 bits per heavy atom. The molecule has 0 bridgehead atoms. The van der Waals surface area contributed by atoms with E-state index in [2.05, 4.69) is 10.2 Å². The number of carbonyl (C=O) groups excluding carboxylic acids is 2. The van der Waals surface area contributed by atoms with E-state index in [0.717, 1.165) is 4.88 Å². The Kier molecular flexibility index (Phi) is 7.06. The first-order valence-corrected chi connectivity index (χ1v) is 10.5. The van der Waals surface area contributed by atoms with Crippen molar-refractivity contribution in [2.45, 2.75) is 26.4 Å². The summed E-state index contributed by atoms with van der Waals surface area (Å²) in [6.45, 7) is 7.47. The van der Waals surface area contributed by atoms with Crippen LogP contribution in [0.3, 0.4) is 0 Å². The van der Waals surface area contributed by atoms with Crippen molar-refractivity contribution in [2.24, 2.45) is 0 Å². The number of para-hydroxylation sites is 1. The van der Waals surface area contributed by atoms with Crippen LogP contribution in [0.4, 0.5) is 0 Å². The fourth-order valence-electron chi connectivity index (χ4n) is 3.31. The summed E-state index contributed by atoms with van der Waals surface area (Å²) in [6, 6.07) is 11.1. The van der Waals surface area contributed by atoms with Crippen molar-refractivity contribution in [3.8, 4) is 5.75 Å². The van der Waals surface area contributed by atoms with Crippen molar-refractivity contribution in [1.29, 1.82) is 0 Å². The Morgan fingerprint density at radius 3 is 2.57 bits per heavy atom. The molecule has 7 heteroatoms. The summed E-state index contributed by atoms with van der Waals surface area (Å²) in [5.41, 5.74) is 0.597. The number of carbonyl (C=O) groups is 2. The zero-order chi connectivity index (χ0) is 19.9. The highest BCUT2D eigenvalue weighted by atomic mass is 32.1. The average molecular weight is 402 g/mol. The van der Waals surface area contributed by atoms with Gasteiger partial charge in [-0.05, 0) is 37.4 Å². The Bertz CT molecular complexity index is 786. The van der Waals surface area contributed by atoms with Crippen LogP contribution in [0.2, 0.25) is 0 Å². The maximum atomic E-state index is 12.9. The van der Waals surface area contributed by atoms with Gasteiger partial charge in [-0.1, -0.05) is 18.2 Å². The minimum absolute atomic E-state index is 0.0153. The van der Waals surface area contributed by atoms with Crippen LogP contribution in [0.1, 0.15) is 29.1 Å². The molecule has 1 unspecified atom stereocenters. The van der Waals surface area contributed by atoms with Crippen molar-refractivity contribution < 1.29 is 14.3 Å². The first-order valence-electron chi connectivity index (χ1n) is 9.65. The quantitative estimate of drug-likeness (QED) is 0.775. The molecule has 1 saturated heterocycles. The molecule has 0 radical (unpaired) electrons. The molecule has 2 amide bonds. The summed E-state index contributed by atoms with van der Waals surface area (Å²) >= 11 is 1.64. The standard InChI is InChI=1S/C21H27N3O3S/c1-3-27-19-9-5-4-8-18(19)21(26)24-12-10-23(11-13-24)16(2)20(25)22-15-17-7-6-14-28-17/h4-9,14,16H,3,10-13,15H2,1-2H3,(H,22,25). The summed E-state index contributed by atoms with van der Waals surface area (Å²) in [4.78, 5) is 30.4. The zero-order valence-electron chi connectivity index (χ0n) is 16.4. The molecule has 1 aromatic heterocycles. The van der Waals surface area contributed by atoms with Gasteiger partial charge in [-0.15, -0.1) is 11.3 Å². The molecule has 0 spiro atoms. The molecule has 2 heterocycles. The van der Waals surface area contributed by atoms with E-state index >= 15 is 0 Å². The zero-order valence-corrected chi connectivity index (χ0v) is 17.2. The Hall–Kier alpha value is -2.38. The van der Waals surface area contributed by atoms with Crippen LogP contribution in [-0.2, 0) is 11.3 Å². The fourth-order valence-corrected chi connectivity index (χ4v) is 3.95. The van der Waals surface area contributed by atoms with Crippen molar-refractivity contribution >= 4 is 23.2 Å². The summed E-state index contributed by atoms with van der Waals surface area (Å²) in [5.74, 6) is 0.632. The topological polar surface area (TPSA) is 61.9 Å². The predicted octanol–water partition coefficient (Wildman–Crippen LogP) is 2.61. The smallest absolute Gasteiger partial charge is 0.257 e. The van der Waals surface area contributed by atoms with Gasteiger partial charge in [0.1, 0.15) is 5.75 Å². The molecule has 1 aliphatic rings. The number of benzene rings is 1. The van der Waals surface area contributed by atoms with E-state index in [4.69, 9.17) is 4.74 Å². The van der Waals surface area contributed by atoms with Crippen LogP contribution in [0.25, 0.3) is 0 Å². The Balaban J connectivity index is 1.52. The average Bonchev–Trinajstić information content (AvgIpc) is 3.25. The lowest BCUT2D eigenvalue weighted by atomic mass is 10.1. The van der Waals surface area contributed by atoms with Gasteiger partial charge in [0.05, 0.1) is 24.8 Å². The van der Waals surface area contributed by atoms with Gasteiger partial charge >= 0.3 is 0 Å². The van der Waals surface area contributed by atoms with Crippen LogP contribution >= 0.6 is 11.3 Å². The van der Waals surface area contributed by atoms with E-state index in [1.807, 2.05) is 54.5 Å². The molecular formula is C21H27N3O3S. The second-order valence-electron chi connectivity index (χ2n) is 6.73. The molecular weight excluding hydrogens is 374 g/mol. The van der Waals surface area contributed by atoms with Gasteiger partial charge in [0.2, 0.25) is 5.91 Å². The lowest BCUT2D eigenvalue weighted by molar-refractivity contribution is -0.126. The highest BCUT2D eigenvalue weighted by Crippen LogP contribution is 2.21. The maximum absolute atomic E-state index is 12.9. The summed E-state index contributed by atoms with van der Waals surface area (Å²) < 4.78 is 5.59. The summed E-state index contributed by atoms with van der Waals surface area (Å²) in [6.07, 6.45) is 0. The molecule has 1 atom stereocenters. The van der Waals surface area contributed by atoms with Gasteiger partial charge in [0.25, 0.3) is 5.91 Å². The van der Waals surface area contributed by atoms with Gasteiger partial charge in [0.15, 0.2) is 0 Å². The predicted molar refractivity (Wildman–Crippen MR) is 111 cm³/mol. The highest BCUT2D eigenvalue weighted by Gasteiger charge is 2.28. The molecule has 3 rings (SSSR count). The second kappa shape index (κ2) is 9.71. The van der Waals surface area contributed by atoms with Gasteiger partial charge in [0, 0.05) is 31.1 Å². The van der Waals surface area contributed by atoms with Crippen LogP contribution in [0, 0.1) is 0 Å². The summed E-state index contributed by atoms with van der Waals surface area (Å²) in [7, 11) is 0. The number of nitrogens with zero attached hydrogens (tertiary/aromatic N) is 2. The number of amides is 2. The lowest BCUT2D eigenvalue weighted by Crippen LogP contribution is -2.54. The highest BCUT2D eigenvalue weighted by molar-refractivity contribution is 7.09. The molecule has 6 nitrogen and oxygen atoms in total. The third-order valence-electron chi connectivity index (χ3n) is 4.96. The van der Waals surface area contributed by atoms with E-state index in [1.54, 1.807) is 17.4 Å². The number of hydrogen-bond donors (Lipinski definition) is 1. The monoisotopic (exact) mass is 401 g/mol. The van der Waals surface area contributed by atoms with Gasteiger partial charge in [-0.25, -0.2) is 0 Å². The Labute approximate surface area is 170 Å². The van der Waals surface area contributed by atoms with Crippen molar-refractivity contribution in [1.82, 2.24) is 15.1 Å². The first-order chi connectivity index (χ1) is 13.6. The molecule has 1 aromatic carbocycles. The normalized spacial score (nSPS) is 15.9. The number of hydrogen-bond acceptors (Lipinski definition) is 5. The minimum atomic E-state index is -0.215. The van der Waals surface area contributed by atoms with Crippen LogP contribution in [0.15, 0.2) is 41.8 Å². The van der Waals surface area contributed by atoms with E-state index in [0.29, 0.717) is 50.6 Å². The van der Waals surface area contributed by atoms with E-state index in [-0.39, 0.29) is 17.9 Å². The number of rotatable bonds is 7. The second-order valence-corrected chi connectivity index (χ2v) is 7.76. The van der Waals surface area contributed by atoms with Gasteiger partial charge < -0.3 is 15.0 Å². The first kappa shape index (κ1) is 20.4. The molecule has 1 fully saturated rings. The number of nitrogens with one attached hydrogen (secondary N) is 1. The third-order valence-corrected chi connectivity index (χ3v) is 5.84. The summed E-state index contributed by atoms with van der Waals surface area (Å²) in [5, 5.41) is 5.00. The van der Waals surface area contributed by atoms with Gasteiger partial charge in [-0.3, -0.25) is 14.5 Å². The van der Waals surface area contributed by atoms with Crippen molar-refractivity contribution in [2.75, 3.05) is 32.8 Å². The molecule has 2 aromatic rings. The number of ether oxygens (including phenoxy) is 1. The van der Waals surface area contributed by atoms with Crippen molar-refractivity contribution in [3.63, 3.8) is 0 Å². The molecule has 0 saturated carbocycles. The molecule has 1 N–H and O–H groups in total. The largest absolute Gasteiger partial charge is 0.493 e. The third kappa shape index (κ3) is 4.91. The SMILES string of the molecule is CCOc1ccccc1C(=O)N1CCN(C(C)C(=O)NCc2cccs2)CC1. The van der Waals surface area contributed by atoms with Gasteiger partial charge in [-0.2, -0.15) is 0 Å². The molecule has 28 heavy (non-hydrogen) atoms. The van der Waals surface area contributed by atoms with Crippen molar-refractivity contribution in [3.05, 3.63) is 52.2 Å². The van der Waals surface area contributed by atoms with E-state index in [1.165, 1.54) is 0 Å². The van der Waals surface area contributed by atoms with E-state index < -0.39 is 0 Å². The number of thiophene rings is 1. The van der Waals surface area contributed by atoms with Crippen LogP contribution in [-0.4, -0.2) is 60.4 Å². The molecule has 1 aliphatic heterocycles. The molecule has 0 aliphatic carbocycles. The lowest BCUT2D eigenvalue weighted by Gasteiger charge is -2.37. The minimum Gasteiger partial charge on any atom is -0.493 e.